The lowest BCUT2D eigenvalue weighted by Crippen LogP contribution is -2.35. The summed E-state index contributed by atoms with van der Waals surface area (Å²) in [5.74, 6) is 0.534. The van der Waals surface area contributed by atoms with E-state index >= 15 is 0 Å². The van der Waals surface area contributed by atoms with E-state index < -0.39 is 0 Å². The number of hydrogen-bond acceptors (Lipinski definition) is 4. The van der Waals surface area contributed by atoms with Gasteiger partial charge in [0.15, 0.2) is 5.11 Å². The third-order valence-corrected chi connectivity index (χ3v) is 3.76. The number of methoxy groups -OCH3 is 1. The first kappa shape index (κ1) is 17.7. The second-order valence-corrected chi connectivity index (χ2v) is 5.67. The molecular weight excluding hydrogens is 326 g/mol. The molecule has 8 heteroatoms. The van der Waals surface area contributed by atoms with Crippen LogP contribution >= 0.6 is 12.2 Å². The zero-order chi connectivity index (χ0) is 17.7. The number of hydrogen-bond donors (Lipinski definition) is 3. The van der Waals surface area contributed by atoms with E-state index in [0.717, 1.165) is 28.5 Å². The first-order valence-corrected chi connectivity index (χ1v) is 7.80. The van der Waals surface area contributed by atoms with Crippen molar-refractivity contribution in [3.8, 4) is 5.75 Å². The SMILES string of the molecule is COc1cccc(NC(=S)NCC(=O)Nc2c(C)nn(C)c2C)c1. The Morgan fingerprint density at radius 1 is 1.33 bits per heavy atom. The molecule has 1 amide bonds. The molecule has 1 aromatic carbocycles. The van der Waals surface area contributed by atoms with Crippen LogP contribution in [0.1, 0.15) is 11.4 Å². The first-order valence-electron chi connectivity index (χ1n) is 7.39. The normalized spacial score (nSPS) is 10.2. The Hall–Kier alpha value is -2.61. The van der Waals surface area contributed by atoms with E-state index in [-0.39, 0.29) is 12.5 Å². The van der Waals surface area contributed by atoms with Crippen molar-refractivity contribution in [1.82, 2.24) is 15.1 Å². The van der Waals surface area contributed by atoms with E-state index in [4.69, 9.17) is 17.0 Å². The summed E-state index contributed by atoms with van der Waals surface area (Å²) in [4.78, 5) is 12.1. The summed E-state index contributed by atoms with van der Waals surface area (Å²) in [6, 6.07) is 7.37. The maximum atomic E-state index is 12.1. The topological polar surface area (TPSA) is 80.2 Å². The van der Waals surface area contributed by atoms with Gasteiger partial charge in [-0.15, -0.1) is 0 Å². The standard InChI is InChI=1S/C16H21N5O2S/c1-10-15(11(2)21(3)20-10)19-14(22)9-17-16(24)18-12-6-5-7-13(8-12)23-4/h5-8H,9H2,1-4H3,(H,19,22)(H2,17,18,24). The Labute approximate surface area is 146 Å². The van der Waals surface area contributed by atoms with E-state index in [1.807, 2.05) is 45.2 Å². The van der Waals surface area contributed by atoms with Gasteiger partial charge in [0.1, 0.15) is 5.75 Å². The highest BCUT2D eigenvalue weighted by Gasteiger charge is 2.12. The minimum Gasteiger partial charge on any atom is -0.497 e. The van der Waals surface area contributed by atoms with Crippen molar-refractivity contribution in [3.63, 3.8) is 0 Å². The number of nitrogens with one attached hydrogen (secondary N) is 3. The molecule has 0 aliphatic heterocycles. The average molecular weight is 347 g/mol. The van der Waals surface area contributed by atoms with Crippen LogP contribution in [0.25, 0.3) is 0 Å². The van der Waals surface area contributed by atoms with Crippen molar-refractivity contribution in [2.24, 2.45) is 7.05 Å². The fraction of sp³-hybridized carbons (Fsp3) is 0.312. The number of nitrogens with zero attached hydrogens (tertiary/aromatic N) is 2. The van der Waals surface area contributed by atoms with Gasteiger partial charge in [0.25, 0.3) is 0 Å². The molecule has 0 bridgehead atoms. The fourth-order valence-electron chi connectivity index (χ4n) is 2.17. The van der Waals surface area contributed by atoms with Crippen molar-refractivity contribution in [1.29, 1.82) is 0 Å². The smallest absolute Gasteiger partial charge is 0.243 e. The lowest BCUT2D eigenvalue weighted by Gasteiger charge is -2.11. The summed E-state index contributed by atoms with van der Waals surface area (Å²) >= 11 is 5.19. The quantitative estimate of drug-likeness (QED) is 0.718. The summed E-state index contributed by atoms with van der Waals surface area (Å²) < 4.78 is 6.88. The maximum Gasteiger partial charge on any atom is 0.243 e. The first-order chi connectivity index (χ1) is 11.4. The predicted molar refractivity (Wildman–Crippen MR) is 98.5 cm³/mol. The number of benzene rings is 1. The van der Waals surface area contributed by atoms with Gasteiger partial charge in [-0.25, -0.2) is 0 Å². The number of aryl methyl sites for hydroxylation is 2. The third-order valence-electron chi connectivity index (χ3n) is 3.51. The average Bonchev–Trinajstić information content (AvgIpc) is 2.79. The van der Waals surface area contributed by atoms with E-state index in [2.05, 4.69) is 21.0 Å². The van der Waals surface area contributed by atoms with E-state index in [1.165, 1.54) is 0 Å². The van der Waals surface area contributed by atoms with Gasteiger partial charge < -0.3 is 20.7 Å². The van der Waals surface area contributed by atoms with Gasteiger partial charge in [-0.3, -0.25) is 9.48 Å². The molecular formula is C16H21N5O2S. The lowest BCUT2D eigenvalue weighted by atomic mass is 10.3. The van der Waals surface area contributed by atoms with Crippen LogP contribution in [-0.2, 0) is 11.8 Å². The Bertz CT molecular complexity index is 757. The second kappa shape index (κ2) is 7.78. The number of ether oxygens (including phenoxy) is 1. The minimum atomic E-state index is -0.191. The van der Waals surface area contributed by atoms with Gasteiger partial charge in [0.05, 0.1) is 30.7 Å². The van der Waals surface area contributed by atoms with Gasteiger partial charge >= 0.3 is 0 Å². The summed E-state index contributed by atoms with van der Waals surface area (Å²) in [6.45, 7) is 3.81. The van der Waals surface area contributed by atoms with Crippen molar-refractivity contribution >= 4 is 34.6 Å². The molecule has 2 aromatic rings. The number of amides is 1. The summed E-state index contributed by atoms with van der Waals surface area (Å²) in [6.07, 6.45) is 0. The maximum absolute atomic E-state index is 12.1. The Morgan fingerprint density at radius 2 is 2.08 bits per heavy atom. The molecule has 7 nitrogen and oxygen atoms in total. The molecule has 0 radical (unpaired) electrons. The molecule has 0 spiro atoms. The number of carbonyl (C=O) groups excluding carboxylic acids is 1. The van der Waals surface area contributed by atoms with Gasteiger partial charge in [0, 0.05) is 18.8 Å². The summed E-state index contributed by atoms with van der Waals surface area (Å²) in [5, 5.41) is 13.3. The van der Waals surface area contributed by atoms with Crippen LogP contribution in [0.15, 0.2) is 24.3 Å². The number of thiocarbonyl (C=S) groups is 1. The van der Waals surface area contributed by atoms with Gasteiger partial charge in [-0.1, -0.05) is 6.07 Å². The monoisotopic (exact) mass is 347 g/mol. The van der Waals surface area contributed by atoms with Gasteiger partial charge in [0.2, 0.25) is 5.91 Å². The van der Waals surface area contributed by atoms with Crippen LogP contribution in [0.3, 0.4) is 0 Å². The molecule has 0 saturated carbocycles. The van der Waals surface area contributed by atoms with E-state index in [1.54, 1.807) is 11.8 Å². The number of carbonyl (C=O) groups is 1. The van der Waals surface area contributed by atoms with Crippen LogP contribution in [0.4, 0.5) is 11.4 Å². The zero-order valence-corrected chi connectivity index (χ0v) is 15.0. The predicted octanol–water partition coefficient (Wildman–Crippen LogP) is 1.97. The Kier molecular flexibility index (Phi) is 5.75. The van der Waals surface area contributed by atoms with Crippen molar-refractivity contribution in [2.75, 3.05) is 24.3 Å². The van der Waals surface area contributed by atoms with Crippen LogP contribution in [0.5, 0.6) is 5.75 Å². The van der Waals surface area contributed by atoms with Gasteiger partial charge in [-0.2, -0.15) is 5.10 Å². The summed E-state index contributed by atoms with van der Waals surface area (Å²) in [7, 11) is 3.44. The highest BCUT2D eigenvalue weighted by atomic mass is 32.1. The molecule has 24 heavy (non-hydrogen) atoms. The largest absolute Gasteiger partial charge is 0.497 e. The summed E-state index contributed by atoms with van der Waals surface area (Å²) in [5.41, 5.74) is 3.19. The van der Waals surface area contributed by atoms with Crippen LogP contribution < -0.4 is 20.7 Å². The van der Waals surface area contributed by atoms with E-state index in [9.17, 15) is 4.79 Å². The molecule has 1 heterocycles. The van der Waals surface area contributed by atoms with Crippen molar-refractivity contribution in [2.45, 2.75) is 13.8 Å². The second-order valence-electron chi connectivity index (χ2n) is 5.26. The number of anilines is 2. The van der Waals surface area contributed by atoms with Crippen molar-refractivity contribution < 1.29 is 9.53 Å². The zero-order valence-electron chi connectivity index (χ0n) is 14.1. The fourth-order valence-corrected chi connectivity index (χ4v) is 2.36. The van der Waals surface area contributed by atoms with Crippen LogP contribution in [-0.4, -0.2) is 34.5 Å². The highest BCUT2D eigenvalue weighted by molar-refractivity contribution is 7.80. The van der Waals surface area contributed by atoms with Crippen LogP contribution in [0.2, 0.25) is 0 Å². The minimum absolute atomic E-state index is 0.0591. The molecule has 0 saturated heterocycles. The molecule has 0 unspecified atom stereocenters. The van der Waals surface area contributed by atoms with E-state index in [0.29, 0.717) is 5.11 Å². The van der Waals surface area contributed by atoms with Crippen LogP contribution in [0, 0.1) is 13.8 Å². The Morgan fingerprint density at radius 3 is 2.71 bits per heavy atom. The molecule has 2 rings (SSSR count). The van der Waals surface area contributed by atoms with Crippen molar-refractivity contribution in [3.05, 3.63) is 35.7 Å². The highest BCUT2D eigenvalue weighted by Crippen LogP contribution is 2.18. The molecule has 0 atom stereocenters. The third kappa shape index (κ3) is 4.45. The number of aromatic nitrogens is 2. The molecule has 128 valence electrons. The Balaban J connectivity index is 1.86. The number of rotatable bonds is 5. The molecule has 3 N–H and O–H groups in total. The molecule has 0 aliphatic rings. The lowest BCUT2D eigenvalue weighted by molar-refractivity contribution is -0.115. The van der Waals surface area contributed by atoms with Gasteiger partial charge in [-0.05, 0) is 38.2 Å². The molecule has 0 aliphatic carbocycles. The molecule has 0 fully saturated rings. The molecule has 1 aromatic heterocycles.